The first-order valence-corrected chi connectivity index (χ1v) is 5.85. The van der Waals surface area contributed by atoms with Gasteiger partial charge in [-0.25, -0.2) is 0 Å². The molecule has 0 heterocycles. The Morgan fingerprint density at radius 2 is 1.89 bits per heavy atom. The van der Waals surface area contributed by atoms with Crippen molar-refractivity contribution in [1.82, 2.24) is 5.32 Å². The molecule has 5 nitrogen and oxygen atoms in total. The van der Waals surface area contributed by atoms with Crippen LogP contribution >= 0.6 is 0 Å². The maximum absolute atomic E-state index is 9.21. The van der Waals surface area contributed by atoms with E-state index in [-0.39, 0.29) is 12.6 Å². The van der Waals surface area contributed by atoms with E-state index in [0.717, 1.165) is 22.6 Å². The second kappa shape index (κ2) is 6.58. The normalized spacial score (nSPS) is 14.1. The van der Waals surface area contributed by atoms with Gasteiger partial charge >= 0.3 is 0 Å². The number of hydrogen-bond acceptors (Lipinski definition) is 5. The number of aliphatic hydroxyl groups excluding tert-OH is 1. The van der Waals surface area contributed by atoms with E-state index in [9.17, 15) is 5.11 Å². The Balaban J connectivity index is 3.26. The first-order valence-electron chi connectivity index (χ1n) is 5.85. The third kappa shape index (κ3) is 2.93. The highest BCUT2D eigenvalue weighted by molar-refractivity contribution is 5.47. The molecule has 0 saturated carbocycles. The zero-order chi connectivity index (χ0) is 13.7. The maximum Gasteiger partial charge on any atom is 0.124 e. The fourth-order valence-corrected chi connectivity index (χ4v) is 2.02. The molecule has 0 fully saturated rings. The fourth-order valence-electron chi connectivity index (χ4n) is 2.02. The molecule has 0 saturated heterocycles. The molecule has 1 aromatic carbocycles. The molecule has 0 amide bonds. The number of methoxy groups -OCH3 is 2. The summed E-state index contributed by atoms with van der Waals surface area (Å²) in [7, 11) is 5.03. The van der Waals surface area contributed by atoms with Crippen LogP contribution in [-0.4, -0.2) is 39.0 Å². The van der Waals surface area contributed by atoms with Crippen LogP contribution < -0.4 is 20.5 Å². The summed E-state index contributed by atoms with van der Waals surface area (Å²) in [6.07, 6.45) is 0. The average molecular weight is 254 g/mol. The number of aliphatic hydroxyl groups is 1. The molecule has 2 atom stereocenters. The minimum atomic E-state index is -0.406. The Bertz CT molecular complexity index is 396. The van der Waals surface area contributed by atoms with Crippen LogP contribution in [-0.2, 0) is 0 Å². The SMILES string of the molecule is CNC(c1cc(OC)c(C)cc1OC)C(N)CO. The van der Waals surface area contributed by atoms with E-state index in [1.54, 1.807) is 21.3 Å². The highest BCUT2D eigenvalue weighted by Crippen LogP contribution is 2.33. The number of nitrogens with two attached hydrogens (primary N) is 1. The van der Waals surface area contributed by atoms with Gasteiger partial charge in [0.1, 0.15) is 11.5 Å². The van der Waals surface area contributed by atoms with Gasteiger partial charge in [-0.05, 0) is 31.7 Å². The molecule has 0 aliphatic heterocycles. The summed E-state index contributed by atoms with van der Waals surface area (Å²) < 4.78 is 10.7. The van der Waals surface area contributed by atoms with Crippen LogP contribution in [0.2, 0.25) is 0 Å². The zero-order valence-corrected chi connectivity index (χ0v) is 11.4. The smallest absolute Gasteiger partial charge is 0.124 e. The van der Waals surface area contributed by atoms with Gasteiger partial charge < -0.3 is 25.6 Å². The third-order valence-corrected chi connectivity index (χ3v) is 3.03. The molecule has 5 heteroatoms. The largest absolute Gasteiger partial charge is 0.496 e. The van der Waals surface area contributed by atoms with Crippen molar-refractivity contribution in [2.24, 2.45) is 5.73 Å². The highest BCUT2D eigenvalue weighted by Gasteiger charge is 2.22. The summed E-state index contributed by atoms with van der Waals surface area (Å²) in [4.78, 5) is 0. The molecule has 1 aromatic rings. The van der Waals surface area contributed by atoms with Crippen LogP contribution in [0.25, 0.3) is 0 Å². The van der Waals surface area contributed by atoms with E-state index in [1.165, 1.54) is 0 Å². The Morgan fingerprint density at radius 3 is 2.33 bits per heavy atom. The zero-order valence-electron chi connectivity index (χ0n) is 11.4. The highest BCUT2D eigenvalue weighted by atomic mass is 16.5. The number of hydrogen-bond donors (Lipinski definition) is 3. The second-order valence-corrected chi connectivity index (χ2v) is 4.18. The number of likely N-dealkylation sites (N-methyl/N-ethyl adjacent to an activating group) is 1. The summed E-state index contributed by atoms with van der Waals surface area (Å²) in [5.41, 5.74) is 7.77. The predicted molar refractivity (Wildman–Crippen MR) is 71.1 cm³/mol. The molecule has 0 bridgehead atoms. The monoisotopic (exact) mass is 254 g/mol. The lowest BCUT2D eigenvalue weighted by molar-refractivity contribution is 0.238. The first-order chi connectivity index (χ1) is 8.58. The molecule has 102 valence electrons. The Morgan fingerprint density at radius 1 is 1.28 bits per heavy atom. The van der Waals surface area contributed by atoms with E-state index in [0.29, 0.717) is 0 Å². The van der Waals surface area contributed by atoms with E-state index >= 15 is 0 Å². The van der Waals surface area contributed by atoms with E-state index in [2.05, 4.69) is 5.32 Å². The quantitative estimate of drug-likeness (QED) is 0.693. The molecule has 0 aliphatic rings. The van der Waals surface area contributed by atoms with Crippen molar-refractivity contribution in [3.05, 3.63) is 23.3 Å². The molecule has 2 unspecified atom stereocenters. The van der Waals surface area contributed by atoms with E-state index < -0.39 is 6.04 Å². The van der Waals surface area contributed by atoms with Crippen LogP contribution in [0.5, 0.6) is 11.5 Å². The van der Waals surface area contributed by atoms with Gasteiger partial charge in [-0.1, -0.05) is 0 Å². The molecule has 0 aromatic heterocycles. The number of rotatable bonds is 6. The fraction of sp³-hybridized carbons (Fsp3) is 0.538. The summed E-state index contributed by atoms with van der Waals surface area (Å²) in [5.74, 6) is 1.51. The Hall–Kier alpha value is -1.30. The molecular formula is C13H22N2O3. The van der Waals surface area contributed by atoms with Crippen molar-refractivity contribution in [1.29, 1.82) is 0 Å². The molecule has 0 spiro atoms. The lowest BCUT2D eigenvalue weighted by atomic mass is 9.97. The Labute approximate surface area is 108 Å². The summed E-state index contributed by atoms with van der Waals surface area (Å²) in [6, 6.07) is 3.20. The lowest BCUT2D eigenvalue weighted by Crippen LogP contribution is -2.39. The first kappa shape index (κ1) is 14.8. The van der Waals surface area contributed by atoms with E-state index in [1.807, 2.05) is 19.1 Å². The van der Waals surface area contributed by atoms with Crippen molar-refractivity contribution < 1.29 is 14.6 Å². The van der Waals surface area contributed by atoms with Crippen LogP contribution in [0.1, 0.15) is 17.2 Å². The van der Waals surface area contributed by atoms with Crippen LogP contribution in [0.3, 0.4) is 0 Å². The summed E-state index contributed by atoms with van der Waals surface area (Å²) >= 11 is 0. The Kier molecular flexibility index (Phi) is 5.40. The van der Waals surface area contributed by atoms with Crippen molar-refractivity contribution in [2.75, 3.05) is 27.9 Å². The van der Waals surface area contributed by atoms with Gasteiger partial charge in [0.2, 0.25) is 0 Å². The maximum atomic E-state index is 9.21. The van der Waals surface area contributed by atoms with Crippen LogP contribution in [0, 0.1) is 6.92 Å². The number of ether oxygens (including phenoxy) is 2. The average Bonchev–Trinajstić information content (AvgIpc) is 2.40. The predicted octanol–water partition coefficient (Wildman–Crippen LogP) is 0.592. The van der Waals surface area contributed by atoms with Gasteiger partial charge in [0.05, 0.1) is 26.9 Å². The number of nitrogens with one attached hydrogen (secondary N) is 1. The topological polar surface area (TPSA) is 76.7 Å². The van der Waals surface area contributed by atoms with Crippen molar-refractivity contribution >= 4 is 0 Å². The molecule has 0 radical (unpaired) electrons. The van der Waals surface area contributed by atoms with Crippen LogP contribution in [0.15, 0.2) is 12.1 Å². The molecule has 4 N–H and O–H groups in total. The third-order valence-electron chi connectivity index (χ3n) is 3.03. The van der Waals surface area contributed by atoms with Gasteiger partial charge in [-0.3, -0.25) is 0 Å². The van der Waals surface area contributed by atoms with Gasteiger partial charge in [0.15, 0.2) is 0 Å². The number of aryl methyl sites for hydroxylation is 1. The lowest BCUT2D eigenvalue weighted by Gasteiger charge is -2.25. The molecular weight excluding hydrogens is 232 g/mol. The minimum absolute atomic E-state index is 0.106. The standard InChI is InChI=1S/C13H22N2O3/c1-8-5-12(18-4)9(6-11(8)17-3)13(15-2)10(14)7-16/h5-6,10,13,15-16H,7,14H2,1-4H3. The van der Waals surface area contributed by atoms with Gasteiger partial charge in [0.25, 0.3) is 0 Å². The molecule has 0 aliphatic carbocycles. The van der Waals surface area contributed by atoms with Gasteiger partial charge in [-0.15, -0.1) is 0 Å². The van der Waals surface area contributed by atoms with Crippen molar-refractivity contribution in [3.8, 4) is 11.5 Å². The van der Waals surface area contributed by atoms with E-state index in [4.69, 9.17) is 15.2 Å². The van der Waals surface area contributed by atoms with Gasteiger partial charge in [-0.2, -0.15) is 0 Å². The van der Waals surface area contributed by atoms with Crippen molar-refractivity contribution in [3.63, 3.8) is 0 Å². The molecule has 1 rings (SSSR count). The second-order valence-electron chi connectivity index (χ2n) is 4.18. The summed E-state index contributed by atoms with van der Waals surface area (Å²) in [6.45, 7) is 1.84. The van der Waals surface area contributed by atoms with Crippen LogP contribution in [0.4, 0.5) is 0 Å². The van der Waals surface area contributed by atoms with Crippen molar-refractivity contribution in [2.45, 2.75) is 19.0 Å². The number of benzene rings is 1. The molecule has 18 heavy (non-hydrogen) atoms. The van der Waals surface area contributed by atoms with Gasteiger partial charge in [0, 0.05) is 11.6 Å². The summed E-state index contributed by atoms with van der Waals surface area (Å²) in [5, 5.41) is 12.3. The minimum Gasteiger partial charge on any atom is -0.496 e.